The highest BCUT2D eigenvalue weighted by Gasteiger charge is 2.17. The van der Waals surface area contributed by atoms with Crippen molar-refractivity contribution in [2.75, 3.05) is 13.2 Å². The lowest BCUT2D eigenvalue weighted by Gasteiger charge is -2.19. The van der Waals surface area contributed by atoms with E-state index in [1.807, 2.05) is 49.4 Å². The molecule has 0 aromatic heterocycles. The van der Waals surface area contributed by atoms with Gasteiger partial charge in [-0.15, -0.1) is 0 Å². The third kappa shape index (κ3) is 6.10. The van der Waals surface area contributed by atoms with Crippen LogP contribution < -0.4 is 14.8 Å². The fourth-order valence-corrected chi connectivity index (χ4v) is 2.49. The highest BCUT2D eigenvalue weighted by atomic mass is 16.5. The van der Waals surface area contributed by atoms with E-state index in [1.165, 1.54) is 5.56 Å². The lowest BCUT2D eigenvalue weighted by molar-refractivity contribution is -0.128. The quantitative estimate of drug-likeness (QED) is 0.717. The third-order valence-electron chi connectivity index (χ3n) is 4.08. The van der Waals surface area contributed by atoms with Gasteiger partial charge in [-0.1, -0.05) is 58.0 Å². The van der Waals surface area contributed by atoms with E-state index in [9.17, 15) is 4.79 Å². The Hall–Kier alpha value is -2.49. The number of carbonyl (C=O) groups is 1. The number of para-hydroxylation sites is 1. The van der Waals surface area contributed by atoms with Gasteiger partial charge < -0.3 is 14.8 Å². The van der Waals surface area contributed by atoms with Gasteiger partial charge in [0, 0.05) is 0 Å². The summed E-state index contributed by atoms with van der Waals surface area (Å²) < 4.78 is 11.4. The second kappa shape index (κ2) is 9.27. The van der Waals surface area contributed by atoms with E-state index in [1.54, 1.807) is 0 Å². The van der Waals surface area contributed by atoms with Crippen molar-refractivity contribution < 1.29 is 14.3 Å². The number of amides is 1. The second-order valence-electron chi connectivity index (χ2n) is 7.24. The van der Waals surface area contributed by atoms with Crippen molar-refractivity contribution in [3.05, 3.63) is 60.2 Å². The Morgan fingerprint density at radius 3 is 2.23 bits per heavy atom. The Bertz CT molecular complexity index is 675. The van der Waals surface area contributed by atoms with Crippen LogP contribution in [0.5, 0.6) is 11.5 Å². The summed E-state index contributed by atoms with van der Waals surface area (Å²) in [5, 5.41) is 2.87. The summed E-state index contributed by atoms with van der Waals surface area (Å²) in [6.07, 6.45) is 0.110. The first-order valence-corrected chi connectivity index (χ1v) is 9.13. The van der Waals surface area contributed by atoms with Crippen LogP contribution in [0.15, 0.2) is 54.6 Å². The van der Waals surface area contributed by atoms with Crippen LogP contribution in [-0.4, -0.2) is 25.2 Å². The minimum atomic E-state index is -0.497. The zero-order chi connectivity index (χ0) is 19.0. The fourth-order valence-electron chi connectivity index (χ4n) is 2.49. The van der Waals surface area contributed by atoms with E-state index >= 15 is 0 Å². The van der Waals surface area contributed by atoms with Crippen molar-refractivity contribution in [3.63, 3.8) is 0 Å². The van der Waals surface area contributed by atoms with E-state index in [0.717, 1.165) is 5.75 Å². The van der Waals surface area contributed by atoms with Crippen LogP contribution in [0, 0.1) is 0 Å². The molecule has 1 atom stereocenters. The van der Waals surface area contributed by atoms with Gasteiger partial charge in [-0.05, 0) is 41.7 Å². The van der Waals surface area contributed by atoms with Gasteiger partial charge >= 0.3 is 0 Å². The molecular weight excluding hydrogens is 326 g/mol. The molecular formula is C22H29NO3. The van der Waals surface area contributed by atoms with Gasteiger partial charge in [-0.3, -0.25) is 4.79 Å². The molecule has 0 aliphatic heterocycles. The van der Waals surface area contributed by atoms with Crippen molar-refractivity contribution in [2.45, 2.75) is 45.6 Å². The van der Waals surface area contributed by atoms with E-state index in [0.29, 0.717) is 25.3 Å². The van der Waals surface area contributed by atoms with Gasteiger partial charge in [0.1, 0.15) is 18.1 Å². The Kier molecular flexibility index (Phi) is 7.07. The van der Waals surface area contributed by atoms with Crippen LogP contribution >= 0.6 is 0 Å². The van der Waals surface area contributed by atoms with Crippen LogP contribution in [0.1, 0.15) is 39.7 Å². The van der Waals surface area contributed by atoms with Crippen LogP contribution in [-0.2, 0) is 10.2 Å². The average molecular weight is 355 g/mol. The fraction of sp³-hybridized carbons (Fsp3) is 0.409. The van der Waals surface area contributed by atoms with E-state index in [-0.39, 0.29) is 11.3 Å². The van der Waals surface area contributed by atoms with Crippen LogP contribution in [0.2, 0.25) is 0 Å². The van der Waals surface area contributed by atoms with Crippen molar-refractivity contribution in [2.24, 2.45) is 0 Å². The largest absolute Gasteiger partial charge is 0.492 e. The van der Waals surface area contributed by atoms with Gasteiger partial charge in [0.05, 0.1) is 6.54 Å². The zero-order valence-electron chi connectivity index (χ0n) is 16.1. The summed E-state index contributed by atoms with van der Waals surface area (Å²) in [6.45, 7) is 9.33. The van der Waals surface area contributed by atoms with Crippen LogP contribution in [0.3, 0.4) is 0 Å². The molecule has 26 heavy (non-hydrogen) atoms. The third-order valence-corrected chi connectivity index (χ3v) is 4.08. The predicted octanol–water partition coefficient (Wildman–Crippen LogP) is 4.34. The maximum atomic E-state index is 12.3. The summed E-state index contributed by atoms with van der Waals surface area (Å²) in [4.78, 5) is 12.3. The molecule has 0 heterocycles. The van der Waals surface area contributed by atoms with Crippen molar-refractivity contribution in [3.8, 4) is 11.5 Å². The van der Waals surface area contributed by atoms with Gasteiger partial charge in [0.25, 0.3) is 5.91 Å². The Labute approximate surface area is 156 Å². The molecule has 0 fully saturated rings. The smallest absolute Gasteiger partial charge is 0.261 e. The lowest BCUT2D eigenvalue weighted by atomic mass is 9.87. The molecule has 0 radical (unpaired) electrons. The average Bonchev–Trinajstić information content (AvgIpc) is 2.63. The number of hydrogen-bond donors (Lipinski definition) is 1. The molecule has 0 spiro atoms. The zero-order valence-corrected chi connectivity index (χ0v) is 16.1. The highest BCUT2D eigenvalue weighted by Crippen LogP contribution is 2.24. The first kappa shape index (κ1) is 19.8. The van der Waals surface area contributed by atoms with Gasteiger partial charge in [-0.25, -0.2) is 0 Å². The summed E-state index contributed by atoms with van der Waals surface area (Å²) in [5.74, 6) is 1.38. The molecule has 2 aromatic rings. The normalized spacial score (nSPS) is 12.3. The molecule has 0 unspecified atom stereocenters. The van der Waals surface area contributed by atoms with E-state index < -0.39 is 6.10 Å². The Morgan fingerprint density at radius 1 is 1.00 bits per heavy atom. The summed E-state index contributed by atoms with van der Waals surface area (Å²) in [6, 6.07) is 17.5. The molecule has 4 nitrogen and oxygen atoms in total. The minimum Gasteiger partial charge on any atom is -0.492 e. The molecule has 1 N–H and O–H groups in total. The van der Waals surface area contributed by atoms with Crippen molar-refractivity contribution >= 4 is 5.91 Å². The topological polar surface area (TPSA) is 47.6 Å². The number of hydrogen-bond acceptors (Lipinski definition) is 3. The highest BCUT2D eigenvalue weighted by molar-refractivity contribution is 5.81. The predicted molar refractivity (Wildman–Crippen MR) is 105 cm³/mol. The maximum Gasteiger partial charge on any atom is 0.261 e. The monoisotopic (exact) mass is 355 g/mol. The van der Waals surface area contributed by atoms with Crippen molar-refractivity contribution in [1.82, 2.24) is 5.32 Å². The molecule has 140 valence electrons. The van der Waals surface area contributed by atoms with Crippen molar-refractivity contribution in [1.29, 1.82) is 0 Å². The number of nitrogens with one attached hydrogen (secondary N) is 1. The SMILES string of the molecule is CC[C@H](Oc1ccccc1)C(=O)NCCOc1ccc(C(C)(C)C)cc1. The van der Waals surface area contributed by atoms with Gasteiger partial charge in [0.2, 0.25) is 0 Å². The minimum absolute atomic E-state index is 0.122. The Balaban J connectivity index is 1.75. The lowest BCUT2D eigenvalue weighted by Crippen LogP contribution is -2.39. The molecule has 0 saturated heterocycles. The maximum absolute atomic E-state index is 12.3. The number of ether oxygens (including phenoxy) is 2. The summed E-state index contributed by atoms with van der Waals surface area (Å²) in [5.41, 5.74) is 1.39. The first-order valence-electron chi connectivity index (χ1n) is 9.13. The van der Waals surface area contributed by atoms with Gasteiger partial charge in [0.15, 0.2) is 6.10 Å². The van der Waals surface area contributed by atoms with E-state index in [4.69, 9.17) is 9.47 Å². The molecule has 2 aromatic carbocycles. The molecule has 0 aliphatic rings. The molecule has 0 bridgehead atoms. The molecule has 1 amide bonds. The number of carbonyl (C=O) groups excluding carboxylic acids is 1. The standard InChI is InChI=1S/C22H29NO3/c1-5-20(26-19-9-7-6-8-10-19)21(24)23-15-16-25-18-13-11-17(12-14-18)22(2,3)4/h6-14,20H,5,15-16H2,1-4H3,(H,23,24)/t20-/m0/s1. The first-order chi connectivity index (χ1) is 12.4. The molecule has 4 heteroatoms. The molecule has 0 saturated carbocycles. The number of rotatable bonds is 8. The molecule has 0 aliphatic carbocycles. The van der Waals surface area contributed by atoms with Crippen LogP contribution in [0.4, 0.5) is 0 Å². The van der Waals surface area contributed by atoms with E-state index in [2.05, 4.69) is 38.2 Å². The second-order valence-corrected chi connectivity index (χ2v) is 7.24. The van der Waals surface area contributed by atoms with Gasteiger partial charge in [-0.2, -0.15) is 0 Å². The van der Waals surface area contributed by atoms with Crippen LogP contribution in [0.25, 0.3) is 0 Å². The molecule has 2 rings (SSSR count). The Morgan fingerprint density at radius 2 is 1.65 bits per heavy atom. The summed E-state index contributed by atoms with van der Waals surface area (Å²) in [7, 11) is 0. The number of benzene rings is 2. The summed E-state index contributed by atoms with van der Waals surface area (Å²) >= 11 is 0.